The van der Waals surface area contributed by atoms with Crippen molar-refractivity contribution in [3.8, 4) is 0 Å². The van der Waals surface area contributed by atoms with Crippen molar-refractivity contribution < 1.29 is 23.4 Å². The zero-order valence-electron chi connectivity index (χ0n) is 16.2. The lowest BCUT2D eigenvalue weighted by atomic mass is 9.89. The van der Waals surface area contributed by atoms with Crippen molar-refractivity contribution in [1.82, 2.24) is 10.2 Å². The Morgan fingerprint density at radius 3 is 2.52 bits per heavy atom. The first-order valence-electron chi connectivity index (χ1n) is 9.01. The molecule has 0 bridgehead atoms. The maximum atomic E-state index is 13.2. The van der Waals surface area contributed by atoms with Gasteiger partial charge in [-0.1, -0.05) is 34.1 Å². The molecule has 7 nitrogen and oxygen atoms in total. The quantitative estimate of drug-likeness (QED) is 0.255. The van der Waals surface area contributed by atoms with Crippen LogP contribution < -0.4 is 5.32 Å². The van der Waals surface area contributed by atoms with Gasteiger partial charge in [-0.3, -0.25) is 19.3 Å². The molecule has 0 radical (unpaired) electrons. The number of alkyl halides is 2. The van der Waals surface area contributed by atoms with Crippen molar-refractivity contribution in [2.45, 2.75) is 35.2 Å². The normalized spacial score (nSPS) is 31.5. The lowest BCUT2D eigenvalue weighted by molar-refractivity contribution is -0.156. The average molecular weight is 566 g/mol. The molecule has 2 fully saturated rings. The van der Waals surface area contributed by atoms with Crippen LogP contribution in [0.4, 0.5) is 0 Å². The number of hydrogen-bond donors (Lipinski definition) is 1. The summed E-state index contributed by atoms with van der Waals surface area (Å²) in [5.41, 5.74) is -0.740. The minimum atomic E-state index is -2.18. The van der Waals surface area contributed by atoms with Crippen LogP contribution in [0.2, 0.25) is 19.6 Å². The lowest BCUT2D eigenvalue weighted by Gasteiger charge is -2.55. The van der Waals surface area contributed by atoms with Gasteiger partial charge in [0.2, 0.25) is 13.7 Å². The zero-order valence-corrected chi connectivity index (χ0v) is 21.2. The second-order valence-corrected chi connectivity index (χ2v) is 16.2. The molecule has 0 aliphatic carbocycles. The van der Waals surface area contributed by atoms with Crippen molar-refractivity contribution in [1.29, 1.82) is 0 Å². The van der Waals surface area contributed by atoms with E-state index in [4.69, 9.17) is 4.43 Å². The molecule has 29 heavy (non-hydrogen) atoms. The molecule has 5 atom stereocenters. The fourth-order valence-electron chi connectivity index (χ4n) is 3.31. The summed E-state index contributed by atoms with van der Waals surface area (Å²) >= 11 is 5.18. The molecule has 0 saturated carbocycles. The van der Waals surface area contributed by atoms with Crippen molar-refractivity contribution >= 4 is 69.1 Å². The molecule has 2 amide bonds. The molecule has 158 valence electrons. The van der Waals surface area contributed by atoms with Crippen molar-refractivity contribution in [3.63, 3.8) is 0 Å². The van der Waals surface area contributed by atoms with Crippen LogP contribution in [0.3, 0.4) is 0 Å². The third-order valence-corrected chi connectivity index (χ3v) is 10.5. The van der Waals surface area contributed by atoms with Crippen molar-refractivity contribution in [3.05, 3.63) is 35.9 Å². The standard InChI is InChI=1S/C18H22Br2N2O5SSi/c1-29(2,3)27-17(25)18(9-19)10-22-14(24)12(15(22)28(26)16(18)20)21-13(23)11-7-5-4-6-8-11/h4-8,12,15-16H,9-10H2,1-3H3,(H,21,23)/t12?,15-,16?,18?,28?/m1/s1. The molecule has 1 aromatic rings. The molecular formula is C18H22Br2N2O5SSi. The Kier molecular flexibility index (Phi) is 6.55. The summed E-state index contributed by atoms with van der Waals surface area (Å²) in [4.78, 5) is 39.5. The third-order valence-electron chi connectivity index (χ3n) is 4.84. The molecule has 2 aliphatic rings. The van der Waals surface area contributed by atoms with Gasteiger partial charge in [0.25, 0.3) is 11.8 Å². The van der Waals surface area contributed by atoms with E-state index in [1.807, 2.05) is 19.6 Å². The van der Waals surface area contributed by atoms with Crippen molar-refractivity contribution in [2.75, 3.05) is 11.9 Å². The highest BCUT2D eigenvalue weighted by Crippen LogP contribution is 2.47. The zero-order chi connectivity index (χ0) is 21.6. The Hall–Kier alpha value is -0.883. The van der Waals surface area contributed by atoms with E-state index in [9.17, 15) is 18.9 Å². The second kappa shape index (κ2) is 8.33. The molecule has 0 aromatic heterocycles. The highest BCUT2D eigenvalue weighted by atomic mass is 79.9. The smallest absolute Gasteiger partial charge is 0.307 e. The number of amides is 2. The van der Waals surface area contributed by atoms with Gasteiger partial charge in [-0.2, -0.15) is 0 Å². The number of fused-ring (bicyclic) bond motifs is 1. The number of halogens is 2. The summed E-state index contributed by atoms with van der Waals surface area (Å²) in [5.74, 6) is -1.22. The predicted molar refractivity (Wildman–Crippen MR) is 120 cm³/mol. The second-order valence-electron chi connectivity index (χ2n) is 8.11. The first-order chi connectivity index (χ1) is 13.5. The number of rotatable bonds is 5. The minimum absolute atomic E-state index is 0.0738. The summed E-state index contributed by atoms with van der Waals surface area (Å²) < 4.78 is 18.2. The maximum absolute atomic E-state index is 13.2. The van der Waals surface area contributed by atoms with Gasteiger partial charge in [-0.05, 0) is 58.9 Å². The summed E-state index contributed by atoms with van der Waals surface area (Å²) in [6.07, 6.45) is 0. The molecule has 2 aliphatic heterocycles. The van der Waals surface area contributed by atoms with Crippen LogP contribution in [-0.4, -0.2) is 63.0 Å². The van der Waals surface area contributed by atoms with Crippen molar-refractivity contribution in [2.24, 2.45) is 5.41 Å². The SMILES string of the molecule is C[Si](C)(C)OC(=O)C1(CBr)CN2C(=O)C(NC(=O)c3ccccc3)[C@H]2[S+]([O-])C1Br. The fraction of sp³-hybridized carbons (Fsp3) is 0.500. The van der Waals surface area contributed by atoms with Crippen LogP contribution >= 0.6 is 31.9 Å². The van der Waals surface area contributed by atoms with Crippen LogP contribution in [-0.2, 0) is 25.2 Å². The topological polar surface area (TPSA) is 98.8 Å². The van der Waals surface area contributed by atoms with E-state index >= 15 is 0 Å². The van der Waals surface area contributed by atoms with E-state index < -0.39 is 52.4 Å². The number of hydrogen-bond acceptors (Lipinski definition) is 5. The predicted octanol–water partition coefficient (Wildman–Crippen LogP) is 2.20. The Morgan fingerprint density at radius 2 is 1.97 bits per heavy atom. The van der Waals surface area contributed by atoms with Gasteiger partial charge < -0.3 is 14.3 Å². The molecule has 3 rings (SSSR count). The Balaban J connectivity index is 1.79. The number of nitrogens with one attached hydrogen (secondary N) is 1. The van der Waals surface area contributed by atoms with E-state index in [2.05, 4.69) is 37.2 Å². The number of β-lactam (4-membered cyclic amide) rings is 1. The molecule has 0 spiro atoms. The molecule has 11 heteroatoms. The summed E-state index contributed by atoms with van der Waals surface area (Å²) in [6.45, 7) is 5.75. The first-order valence-corrected chi connectivity index (χ1v) is 15.7. The number of carbonyl (C=O) groups is 3. The van der Waals surface area contributed by atoms with E-state index in [1.165, 1.54) is 4.90 Å². The molecule has 2 heterocycles. The minimum Gasteiger partial charge on any atom is -0.614 e. The average Bonchev–Trinajstić information content (AvgIpc) is 2.67. The third kappa shape index (κ3) is 4.16. The lowest BCUT2D eigenvalue weighted by Crippen LogP contribution is -2.80. The van der Waals surface area contributed by atoms with Gasteiger partial charge >= 0.3 is 5.97 Å². The first kappa shape index (κ1) is 22.8. The molecule has 1 aromatic carbocycles. The maximum Gasteiger partial charge on any atom is 0.307 e. The van der Waals surface area contributed by atoms with E-state index in [-0.39, 0.29) is 17.8 Å². The van der Waals surface area contributed by atoms with Gasteiger partial charge in [0.05, 0.1) is 0 Å². The van der Waals surface area contributed by atoms with Gasteiger partial charge in [0.1, 0.15) is 0 Å². The summed E-state index contributed by atoms with van der Waals surface area (Å²) in [7, 11) is -2.18. The number of carbonyl (C=O) groups excluding carboxylic acids is 3. The molecule has 4 unspecified atom stereocenters. The summed E-state index contributed by atoms with van der Waals surface area (Å²) in [5, 5.41) is 2.19. The Morgan fingerprint density at radius 1 is 1.34 bits per heavy atom. The monoisotopic (exact) mass is 564 g/mol. The van der Waals surface area contributed by atoms with E-state index in [0.29, 0.717) is 5.56 Å². The summed E-state index contributed by atoms with van der Waals surface area (Å²) in [6, 6.07) is 7.65. The van der Waals surface area contributed by atoms with Gasteiger partial charge in [0, 0.05) is 17.4 Å². The van der Waals surface area contributed by atoms with Crippen LogP contribution in [0.1, 0.15) is 10.4 Å². The Labute approximate surface area is 190 Å². The van der Waals surface area contributed by atoms with E-state index in [0.717, 1.165) is 0 Å². The van der Waals surface area contributed by atoms with Crippen LogP contribution in [0, 0.1) is 5.41 Å². The van der Waals surface area contributed by atoms with Gasteiger partial charge in [-0.15, -0.1) is 0 Å². The Bertz CT molecular complexity index is 824. The molecular weight excluding hydrogens is 544 g/mol. The van der Waals surface area contributed by atoms with Crippen LogP contribution in [0.5, 0.6) is 0 Å². The number of benzene rings is 1. The van der Waals surface area contributed by atoms with Crippen LogP contribution in [0.25, 0.3) is 0 Å². The highest BCUT2D eigenvalue weighted by Gasteiger charge is 2.68. The van der Waals surface area contributed by atoms with Crippen LogP contribution in [0.15, 0.2) is 30.3 Å². The van der Waals surface area contributed by atoms with Gasteiger partial charge in [-0.25, -0.2) is 0 Å². The molecule has 1 N–H and O–H groups in total. The molecule has 2 saturated heterocycles. The van der Waals surface area contributed by atoms with E-state index in [1.54, 1.807) is 30.3 Å². The fourth-order valence-corrected chi connectivity index (χ4v) is 8.43. The number of nitrogens with zero attached hydrogens (tertiary/aromatic N) is 1. The van der Waals surface area contributed by atoms with Gasteiger partial charge in [0.15, 0.2) is 15.6 Å². The largest absolute Gasteiger partial charge is 0.614 e. The highest BCUT2D eigenvalue weighted by molar-refractivity contribution is 9.11.